The lowest BCUT2D eigenvalue weighted by Crippen LogP contribution is -2.06. The summed E-state index contributed by atoms with van der Waals surface area (Å²) in [7, 11) is 1.67. The summed E-state index contributed by atoms with van der Waals surface area (Å²) >= 11 is 0. The minimum atomic E-state index is 0.478. The highest BCUT2D eigenvalue weighted by Gasteiger charge is 2.26. The van der Waals surface area contributed by atoms with Crippen LogP contribution in [-0.4, -0.2) is 33.2 Å². The first-order chi connectivity index (χ1) is 9.81. The molecule has 0 amide bonds. The second-order valence-corrected chi connectivity index (χ2v) is 4.95. The molecule has 0 spiro atoms. The van der Waals surface area contributed by atoms with Crippen LogP contribution in [0.5, 0.6) is 0 Å². The van der Waals surface area contributed by atoms with Crippen LogP contribution in [0.25, 0.3) is 11.5 Å². The van der Waals surface area contributed by atoms with E-state index in [0.29, 0.717) is 18.5 Å². The first-order valence-corrected chi connectivity index (χ1v) is 6.94. The number of nitrogens with one attached hydrogen (secondary N) is 1. The van der Waals surface area contributed by atoms with Gasteiger partial charge in [-0.3, -0.25) is 0 Å². The molecule has 6 nitrogen and oxygen atoms in total. The molecule has 1 N–H and O–H groups in total. The summed E-state index contributed by atoms with van der Waals surface area (Å²) in [6.07, 6.45) is 6.12. The number of methoxy groups -OCH3 is 1. The number of anilines is 1. The Bertz CT molecular complexity index is 567. The van der Waals surface area contributed by atoms with Crippen molar-refractivity contribution in [3.63, 3.8) is 0 Å². The molecular weight excluding hydrogens is 254 g/mol. The fourth-order valence-electron chi connectivity index (χ4n) is 2.23. The molecule has 106 valence electrons. The van der Waals surface area contributed by atoms with Crippen molar-refractivity contribution < 1.29 is 4.74 Å². The zero-order valence-corrected chi connectivity index (χ0v) is 11.8. The van der Waals surface area contributed by atoms with E-state index < -0.39 is 0 Å². The van der Waals surface area contributed by atoms with E-state index in [0.717, 1.165) is 23.8 Å². The van der Waals surface area contributed by atoms with Gasteiger partial charge in [-0.2, -0.15) is 0 Å². The Balaban J connectivity index is 1.99. The Morgan fingerprint density at radius 1 is 1.40 bits per heavy atom. The molecule has 2 heterocycles. The topological polar surface area (TPSA) is 64.9 Å². The van der Waals surface area contributed by atoms with Gasteiger partial charge in [0.25, 0.3) is 0 Å². The van der Waals surface area contributed by atoms with Gasteiger partial charge in [0.2, 0.25) is 0 Å². The highest BCUT2D eigenvalue weighted by atomic mass is 16.5. The van der Waals surface area contributed by atoms with Gasteiger partial charge in [0.05, 0.1) is 24.8 Å². The summed E-state index contributed by atoms with van der Waals surface area (Å²) in [5, 5.41) is 3.24. The number of hydrogen-bond acceptors (Lipinski definition) is 5. The van der Waals surface area contributed by atoms with E-state index >= 15 is 0 Å². The van der Waals surface area contributed by atoms with Gasteiger partial charge in [0, 0.05) is 25.8 Å². The van der Waals surface area contributed by atoms with Gasteiger partial charge in [-0.1, -0.05) is 0 Å². The zero-order chi connectivity index (χ0) is 13.9. The second kappa shape index (κ2) is 5.58. The van der Waals surface area contributed by atoms with Gasteiger partial charge < -0.3 is 14.6 Å². The highest BCUT2D eigenvalue weighted by molar-refractivity contribution is 5.53. The zero-order valence-electron chi connectivity index (χ0n) is 11.8. The van der Waals surface area contributed by atoms with Crippen molar-refractivity contribution >= 4 is 5.82 Å². The van der Waals surface area contributed by atoms with E-state index in [1.165, 1.54) is 12.8 Å². The minimum Gasteiger partial charge on any atom is -0.378 e. The number of aromatic nitrogens is 4. The molecule has 0 radical (unpaired) electrons. The maximum absolute atomic E-state index is 5.18. The fourth-order valence-corrected chi connectivity index (χ4v) is 2.23. The predicted molar refractivity (Wildman–Crippen MR) is 76.4 cm³/mol. The standard InChI is InChI=1S/C14H19N5O/c1-3-16-13-6-10(8-20-2)17-14(18-13)12-7-15-9-19(12)11-4-5-11/h6-7,9,11H,3-5,8H2,1-2H3,(H,16,17,18). The summed E-state index contributed by atoms with van der Waals surface area (Å²) in [4.78, 5) is 13.4. The third-order valence-corrected chi connectivity index (χ3v) is 3.26. The van der Waals surface area contributed by atoms with Crippen LogP contribution in [-0.2, 0) is 11.3 Å². The van der Waals surface area contributed by atoms with Crippen LogP contribution in [0.1, 0.15) is 31.5 Å². The largest absolute Gasteiger partial charge is 0.378 e. The SMILES string of the molecule is CCNc1cc(COC)nc(-c2cncn2C2CC2)n1. The molecule has 0 saturated heterocycles. The summed E-state index contributed by atoms with van der Waals surface area (Å²) in [5.74, 6) is 1.54. The molecule has 6 heteroatoms. The molecule has 3 rings (SSSR count). The van der Waals surface area contributed by atoms with E-state index in [1.54, 1.807) is 7.11 Å². The average Bonchev–Trinajstić information content (AvgIpc) is 3.16. The van der Waals surface area contributed by atoms with E-state index in [1.807, 2.05) is 25.5 Å². The second-order valence-electron chi connectivity index (χ2n) is 4.95. The minimum absolute atomic E-state index is 0.478. The molecule has 0 atom stereocenters. The average molecular weight is 273 g/mol. The van der Waals surface area contributed by atoms with Crippen molar-refractivity contribution in [3.8, 4) is 11.5 Å². The first-order valence-electron chi connectivity index (χ1n) is 6.94. The van der Waals surface area contributed by atoms with Gasteiger partial charge in [-0.25, -0.2) is 15.0 Å². The van der Waals surface area contributed by atoms with Gasteiger partial charge in [0.1, 0.15) is 11.5 Å². The summed E-state index contributed by atoms with van der Waals surface area (Å²) in [6, 6.07) is 2.48. The van der Waals surface area contributed by atoms with Crippen molar-refractivity contribution in [1.29, 1.82) is 0 Å². The molecular formula is C14H19N5O. The molecule has 1 aliphatic carbocycles. The maximum Gasteiger partial charge on any atom is 0.180 e. The van der Waals surface area contributed by atoms with Crippen molar-refractivity contribution in [2.75, 3.05) is 19.0 Å². The monoisotopic (exact) mass is 273 g/mol. The van der Waals surface area contributed by atoms with Crippen LogP contribution in [0.4, 0.5) is 5.82 Å². The number of hydrogen-bond donors (Lipinski definition) is 1. The van der Waals surface area contributed by atoms with Gasteiger partial charge in [-0.05, 0) is 19.8 Å². The Kier molecular flexibility index (Phi) is 3.64. The van der Waals surface area contributed by atoms with Gasteiger partial charge in [-0.15, -0.1) is 0 Å². The molecule has 1 saturated carbocycles. The quantitative estimate of drug-likeness (QED) is 0.874. The van der Waals surface area contributed by atoms with Crippen molar-refractivity contribution in [2.45, 2.75) is 32.4 Å². The van der Waals surface area contributed by atoms with Crippen molar-refractivity contribution in [3.05, 3.63) is 24.3 Å². The predicted octanol–water partition coefficient (Wildman–Crippen LogP) is 2.25. The van der Waals surface area contributed by atoms with Gasteiger partial charge in [0.15, 0.2) is 5.82 Å². The van der Waals surface area contributed by atoms with E-state index in [4.69, 9.17) is 4.74 Å². The number of nitrogens with zero attached hydrogens (tertiary/aromatic N) is 4. The van der Waals surface area contributed by atoms with Crippen LogP contribution in [0.15, 0.2) is 18.6 Å². The number of ether oxygens (including phenoxy) is 1. The fraction of sp³-hybridized carbons (Fsp3) is 0.500. The molecule has 2 aromatic heterocycles. The van der Waals surface area contributed by atoms with Crippen molar-refractivity contribution in [2.24, 2.45) is 0 Å². The van der Waals surface area contributed by atoms with E-state index in [2.05, 4.69) is 24.8 Å². The van der Waals surface area contributed by atoms with Crippen LogP contribution >= 0.6 is 0 Å². The third kappa shape index (κ3) is 2.65. The summed E-state index contributed by atoms with van der Waals surface area (Å²) < 4.78 is 7.35. The number of imidazole rings is 1. The smallest absolute Gasteiger partial charge is 0.180 e. The first kappa shape index (κ1) is 13.1. The summed E-state index contributed by atoms with van der Waals surface area (Å²) in [5.41, 5.74) is 1.85. The third-order valence-electron chi connectivity index (χ3n) is 3.26. The Morgan fingerprint density at radius 3 is 2.95 bits per heavy atom. The molecule has 0 aliphatic heterocycles. The van der Waals surface area contributed by atoms with Crippen LogP contribution in [0.2, 0.25) is 0 Å². The molecule has 1 fully saturated rings. The summed E-state index contributed by atoms with van der Waals surface area (Å²) in [6.45, 7) is 3.35. The molecule has 0 aromatic carbocycles. The maximum atomic E-state index is 5.18. The number of rotatable bonds is 6. The molecule has 2 aromatic rings. The Hall–Kier alpha value is -1.95. The lowest BCUT2D eigenvalue weighted by molar-refractivity contribution is 0.181. The molecule has 0 unspecified atom stereocenters. The Labute approximate surface area is 118 Å². The van der Waals surface area contributed by atoms with Crippen LogP contribution in [0.3, 0.4) is 0 Å². The Morgan fingerprint density at radius 2 is 2.25 bits per heavy atom. The molecule has 20 heavy (non-hydrogen) atoms. The molecule has 0 bridgehead atoms. The van der Waals surface area contributed by atoms with E-state index in [9.17, 15) is 0 Å². The van der Waals surface area contributed by atoms with Gasteiger partial charge >= 0.3 is 0 Å². The lowest BCUT2D eigenvalue weighted by atomic mass is 10.3. The molecule has 1 aliphatic rings. The normalized spacial score (nSPS) is 14.5. The highest BCUT2D eigenvalue weighted by Crippen LogP contribution is 2.37. The lowest BCUT2D eigenvalue weighted by Gasteiger charge is -2.10. The van der Waals surface area contributed by atoms with E-state index in [-0.39, 0.29) is 0 Å². The van der Waals surface area contributed by atoms with Crippen LogP contribution < -0.4 is 5.32 Å². The van der Waals surface area contributed by atoms with Crippen LogP contribution in [0, 0.1) is 0 Å². The van der Waals surface area contributed by atoms with Crippen molar-refractivity contribution in [1.82, 2.24) is 19.5 Å².